The van der Waals surface area contributed by atoms with Crippen LogP contribution >= 0.6 is 0 Å². The summed E-state index contributed by atoms with van der Waals surface area (Å²) in [5.41, 5.74) is 0.578. The number of methoxy groups -OCH3 is 3. The average Bonchev–Trinajstić information content (AvgIpc) is 2.60. The predicted octanol–water partition coefficient (Wildman–Crippen LogP) is 3.62. The smallest absolute Gasteiger partial charge is 0.204 e. The summed E-state index contributed by atoms with van der Waals surface area (Å²) in [5.74, 6) is 0.888. The molecule has 0 aliphatic rings. The summed E-state index contributed by atoms with van der Waals surface area (Å²) in [6.07, 6.45) is 0. The van der Waals surface area contributed by atoms with E-state index in [1.54, 1.807) is 6.07 Å². The van der Waals surface area contributed by atoms with E-state index in [4.69, 9.17) is 18.6 Å². The van der Waals surface area contributed by atoms with Crippen LogP contribution in [0.4, 0.5) is 4.39 Å². The molecule has 3 aromatic rings. The Kier molecular flexibility index (Phi) is 4.12. The van der Waals surface area contributed by atoms with Crippen molar-refractivity contribution in [3.63, 3.8) is 0 Å². The van der Waals surface area contributed by atoms with E-state index in [9.17, 15) is 9.18 Å². The van der Waals surface area contributed by atoms with Gasteiger partial charge in [-0.1, -0.05) is 0 Å². The van der Waals surface area contributed by atoms with E-state index >= 15 is 0 Å². The van der Waals surface area contributed by atoms with Gasteiger partial charge in [0.2, 0.25) is 5.75 Å². The molecule has 0 aliphatic heterocycles. The molecule has 0 fully saturated rings. The molecule has 0 unspecified atom stereocenters. The van der Waals surface area contributed by atoms with Crippen molar-refractivity contribution in [3.05, 3.63) is 52.4 Å². The summed E-state index contributed by atoms with van der Waals surface area (Å²) in [6, 6.07) is 8.58. The molecule has 0 spiro atoms. The normalized spacial score (nSPS) is 10.7. The van der Waals surface area contributed by atoms with Crippen LogP contribution in [0.25, 0.3) is 22.3 Å². The number of ether oxygens (including phenoxy) is 3. The van der Waals surface area contributed by atoms with Crippen molar-refractivity contribution >= 4 is 11.0 Å². The Morgan fingerprint density at radius 1 is 0.917 bits per heavy atom. The van der Waals surface area contributed by atoms with Crippen LogP contribution in [0.5, 0.6) is 17.2 Å². The van der Waals surface area contributed by atoms with Crippen LogP contribution < -0.4 is 19.6 Å². The van der Waals surface area contributed by atoms with Gasteiger partial charge in [-0.15, -0.1) is 0 Å². The first-order valence-electron chi connectivity index (χ1n) is 7.11. The summed E-state index contributed by atoms with van der Waals surface area (Å²) in [6.45, 7) is 0. The fourth-order valence-corrected chi connectivity index (χ4v) is 2.54. The summed E-state index contributed by atoms with van der Waals surface area (Å²) in [4.78, 5) is 12.6. The average molecular weight is 330 g/mol. The van der Waals surface area contributed by atoms with Crippen LogP contribution in [0.2, 0.25) is 0 Å². The lowest BCUT2D eigenvalue weighted by Crippen LogP contribution is -2.05. The Balaban J connectivity index is 2.32. The second-order valence-electron chi connectivity index (χ2n) is 5.00. The molecule has 0 saturated heterocycles. The molecule has 3 rings (SSSR count). The van der Waals surface area contributed by atoms with Gasteiger partial charge in [0.1, 0.15) is 22.5 Å². The number of benzene rings is 2. The number of hydrogen-bond donors (Lipinski definition) is 0. The van der Waals surface area contributed by atoms with E-state index in [2.05, 4.69) is 0 Å². The van der Waals surface area contributed by atoms with Crippen LogP contribution in [0, 0.1) is 5.82 Å². The molecule has 0 bridgehead atoms. The Bertz CT molecular complexity index is 944. The van der Waals surface area contributed by atoms with Gasteiger partial charge in [-0.05, 0) is 24.3 Å². The molecule has 2 aromatic carbocycles. The molecule has 6 heteroatoms. The first kappa shape index (κ1) is 15.9. The van der Waals surface area contributed by atoms with Crippen molar-refractivity contribution < 1.29 is 23.0 Å². The molecule has 0 N–H and O–H groups in total. The first-order valence-corrected chi connectivity index (χ1v) is 7.11. The SMILES string of the molecule is COc1cc2oc(-c3ccc(F)cc3)cc(=O)c2c(OC)c1OC. The lowest BCUT2D eigenvalue weighted by atomic mass is 10.1. The van der Waals surface area contributed by atoms with Gasteiger partial charge in [0.05, 0.1) is 21.3 Å². The van der Waals surface area contributed by atoms with Gasteiger partial charge in [-0.3, -0.25) is 4.79 Å². The van der Waals surface area contributed by atoms with Gasteiger partial charge in [0, 0.05) is 17.7 Å². The van der Waals surface area contributed by atoms with Crippen molar-refractivity contribution in [2.45, 2.75) is 0 Å². The second-order valence-corrected chi connectivity index (χ2v) is 5.00. The van der Waals surface area contributed by atoms with Gasteiger partial charge in [-0.25, -0.2) is 4.39 Å². The molecule has 0 aliphatic carbocycles. The van der Waals surface area contributed by atoms with Crippen molar-refractivity contribution in [1.29, 1.82) is 0 Å². The molecular weight excluding hydrogens is 315 g/mol. The Labute approximate surface area is 137 Å². The summed E-state index contributed by atoms with van der Waals surface area (Å²) < 4.78 is 34.8. The summed E-state index contributed by atoms with van der Waals surface area (Å²) in [5, 5.41) is 0.251. The first-order chi connectivity index (χ1) is 11.6. The number of hydrogen-bond acceptors (Lipinski definition) is 5. The topological polar surface area (TPSA) is 57.9 Å². The van der Waals surface area contributed by atoms with Crippen LogP contribution in [0.15, 0.2) is 45.6 Å². The molecule has 0 saturated carbocycles. The lowest BCUT2D eigenvalue weighted by Gasteiger charge is -2.14. The summed E-state index contributed by atoms with van der Waals surface area (Å²) >= 11 is 0. The molecule has 0 amide bonds. The fourth-order valence-electron chi connectivity index (χ4n) is 2.54. The summed E-state index contributed by atoms with van der Waals surface area (Å²) in [7, 11) is 4.37. The Hall–Kier alpha value is -3.02. The van der Waals surface area contributed by atoms with Crippen molar-refractivity contribution in [3.8, 4) is 28.6 Å². The monoisotopic (exact) mass is 330 g/mol. The van der Waals surface area contributed by atoms with E-state index in [1.807, 2.05) is 0 Å². The van der Waals surface area contributed by atoms with Gasteiger partial charge in [0.15, 0.2) is 16.9 Å². The lowest BCUT2D eigenvalue weighted by molar-refractivity contribution is 0.326. The molecule has 24 heavy (non-hydrogen) atoms. The molecule has 1 aromatic heterocycles. The maximum Gasteiger partial charge on any atom is 0.204 e. The van der Waals surface area contributed by atoms with Gasteiger partial charge >= 0.3 is 0 Å². The zero-order valence-corrected chi connectivity index (χ0v) is 13.4. The minimum atomic E-state index is -0.366. The molecule has 0 radical (unpaired) electrons. The highest BCUT2D eigenvalue weighted by molar-refractivity contribution is 5.90. The van der Waals surface area contributed by atoms with E-state index in [1.165, 1.54) is 51.7 Å². The maximum absolute atomic E-state index is 13.1. The minimum Gasteiger partial charge on any atom is -0.493 e. The highest BCUT2D eigenvalue weighted by Crippen LogP contribution is 2.42. The van der Waals surface area contributed by atoms with Crippen molar-refractivity contribution in [1.82, 2.24) is 0 Å². The minimum absolute atomic E-state index is 0.242. The van der Waals surface area contributed by atoms with Gasteiger partial charge in [0.25, 0.3) is 0 Å². The van der Waals surface area contributed by atoms with Gasteiger partial charge < -0.3 is 18.6 Å². The largest absolute Gasteiger partial charge is 0.493 e. The van der Waals surface area contributed by atoms with E-state index in [0.717, 1.165) is 0 Å². The van der Waals surface area contributed by atoms with Crippen LogP contribution in [0.1, 0.15) is 0 Å². The number of halogens is 1. The molecular formula is C18H15FO5. The van der Waals surface area contributed by atoms with E-state index < -0.39 is 0 Å². The zero-order valence-electron chi connectivity index (χ0n) is 13.4. The Morgan fingerprint density at radius 3 is 2.17 bits per heavy atom. The van der Waals surface area contributed by atoms with Crippen molar-refractivity contribution in [2.75, 3.05) is 21.3 Å². The third kappa shape index (κ3) is 2.56. The molecule has 5 nitrogen and oxygen atoms in total. The zero-order chi connectivity index (χ0) is 17.3. The molecule has 0 atom stereocenters. The third-order valence-electron chi connectivity index (χ3n) is 3.65. The highest BCUT2D eigenvalue weighted by atomic mass is 19.1. The highest BCUT2D eigenvalue weighted by Gasteiger charge is 2.20. The van der Waals surface area contributed by atoms with E-state index in [-0.39, 0.29) is 28.0 Å². The predicted molar refractivity (Wildman–Crippen MR) is 87.5 cm³/mol. The fraction of sp³-hybridized carbons (Fsp3) is 0.167. The van der Waals surface area contributed by atoms with Gasteiger partial charge in [-0.2, -0.15) is 0 Å². The number of fused-ring (bicyclic) bond motifs is 1. The van der Waals surface area contributed by atoms with Crippen LogP contribution in [0.3, 0.4) is 0 Å². The quantitative estimate of drug-likeness (QED) is 0.731. The van der Waals surface area contributed by atoms with Crippen LogP contribution in [-0.4, -0.2) is 21.3 Å². The second kappa shape index (κ2) is 6.23. The standard InChI is InChI=1S/C18H15FO5/c1-21-15-9-14-16(18(23-3)17(15)22-2)12(20)8-13(24-14)10-4-6-11(19)7-5-10/h4-9H,1-3H3. The maximum atomic E-state index is 13.1. The van der Waals surface area contributed by atoms with Crippen LogP contribution in [-0.2, 0) is 0 Å². The molecule has 124 valence electrons. The third-order valence-corrected chi connectivity index (χ3v) is 3.65. The number of rotatable bonds is 4. The van der Waals surface area contributed by atoms with Crippen molar-refractivity contribution in [2.24, 2.45) is 0 Å². The molecule has 1 heterocycles. The van der Waals surface area contributed by atoms with E-state index in [0.29, 0.717) is 22.8 Å². The Morgan fingerprint density at radius 2 is 1.58 bits per heavy atom.